The van der Waals surface area contributed by atoms with Gasteiger partial charge in [0, 0.05) is 13.1 Å². The van der Waals surface area contributed by atoms with Crippen molar-refractivity contribution < 1.29 is 18.0 Å². The molecule has 2 N–H and O–H groups in total. The highest BCUT2D eigenvalue weighted by Crippen LogP contribution is 2.29. The van der Waals surface area contributed by atoms with E-state index in [1.807, 2.05) is 18.2 Å². The minimum absolute atomic E-state index is 0.00950. The first-order valence-electron chi connectivity index (χ1n) is 8.82. The number of carbonyl (C=O) groups is 1. The molecular formula is C18H24F3N3O. The third kappa shape index (κ3) is 5.11. The Morgan fingerprint density at radius 1 is 1.24 bits per heavy atom. The lowest BCUT2D eigenvalue weighted by molar-refractivity contribution is -0.143. The quantitative estimate of drug-likeness (QED) is 0.871. The largest absolute Gasteiger partial charge is 0.401 e. The molecule has 7 heteroatoms. The van der Waals surface area contributed by atoms with E-state index in [0.29, 0.717) is 26.1 Å². The summed E-state index contributed by atoms with van der Waals surface area (Å²) < 4.78 is 37.2. The number of nitrogens with zero attached hydrogens (tertiary/aromatic N) is 1. The Morgan fingerprint density at radius 2 is 2.04 bits per heavy atom. The highest BCUT2D eigenvalue weighted by molar-refractivity contribution is 5.74. The van der Waals surface area contributed by atoms with Crippen LogP contribution in [0.15, 0.2) is 24.3 Å². The van der Waals surface area contributed by atoms with Gasteiger partial charge >= 0.3 is 12.2 Å². The molecule has 1 saturated heterocycles. The fraction of sp³-hybridized carbons (Fsp3) is 0.611. The summed E-state index contributed by atoms with van der Waals surface area (Å²) in [6.45, 7) is 0.360. The van der Waals surface area contributed by atoms with Gasteiger partial charge in [0.15, 0.2) is 0 Å². The molecule has 2 aliphatic rings. The molecule has 0 spiro atoms. The van der Waals surface area contributed by atoms with Gasteiger partial charge < -0.3 is 10.6 Å². The second kappa shape index (κ2) is 7.64. The predicted octanol–water partition coefficient (Wildman–Crippen LogP) is 3.25. The molecule has 3 rings (SSSR count). The van der Waals surface area contributed by atoms with Crippen LogP contribution >= 0.6 is 0 Å². The zero-order chi connectivity index (χ0) is 17.9. The summed E-state index contributed by atoms with van der Waals surface area (Å²) in [5.41, 5.74) is 2.44. The Hall–Kier alpha value is -1.76. The number of aryl methyl sites for hydroxylation is 1. The van der Waals surface area contributed by atoms with E-state index in [1.165, 1.54) is 16.0 Å². The number of rotatable bonds is 4. The molecule has 25 heavy (non-hydrogen) atoms. The first-order chi connectivity index (χ1) is 11.9. The molecular weight excluding hydrogens is 331 g/mol. The van der Waals surface area contributed by atoms with E-state index in [-0.39, 0.29) is 18.0 Å². The number of hydrogen-bond acceptors (Lipinski definition) is 2. The van der Waals surface area contributed by atoms with Gasteiger partial charge in [-0.3, -0.25) is 4.90 Å². The van der Waals surface area contributed by atoms with Crippen molar-refractivity contribution in [1.29, 1.82) is 0 Å². The molecule has 1 fully saturated rings. The minimum atomic E-state index is -4.16. The fourth-order valence-corrected chi connectivity index (χ4v) is 3.83. The molecule has 0 saturated carbocycles. The summed E-state index contributed by atoms with van der Waals surface area (Å²) in [6.07, 6.45) is -0.492. The van der Waals surface area contributed by atoms with E-state index >= 15 is 0 Å². The molecule has 0 aromatic heterocycles. The van der Waals surface area contributed by atoms with Gasteiger partial charge in [-0.1, -0.05) is 24.3 Å². The number of carbonyl (C=O) groups excluding carboxylic acids is 1. The number of likely N-dealkylation sites (tertiary alicyclic amines) is 1. The molecule has 0 bridgehead atoms. The van der Waals surface area contributed by atoms with Crippen molar-refractivity contribution in [3.05, 3.63) is 35.4 Å². The monoisotopic (exact) mass is 355 g/mol. The van der Waals surface area contributed by atoms with Gasteiger partial charge in [-0.15, -0.1) is 0 Å². The summed E-state index contributed by atoms with van der Waals surface area (Å²) in [5, 5.41) is 5.83. The van der Waals surface area contributed by atoms with Crippen LogP contribution in [0, 0.1) is 5.92 Å². The molecule has 1 aliphatic heterocycles. The van der Waals surface area contributed by atoms with Crippen molar-refractivity contribution in [2.24, 2.45) is 5.92 Å². The standard InChI is InChI=1S/C18H24F3N3O/c19-18(20,21)12-24-9-8-13(11-24)10-22-17(25)23-16-7-3-5-14-4-1-2-6-15(14)16/h1-2,4,6,13,16H,3,5,7-12H2,(H2,22,23,25)/t13-,16-/m0/s1. The van der Waals surface area contributed by atoms with Crippen molar-refractivity contribution in [3.63, 3.8) is 0 Å². The van der Waals surface area contributed by atoms with Crippen LogP contribution in [-0.2, 0) is 6.42 Å². The van der Waals surface area contributed by atoms with E-state index in [0.717, 1.165) is 19.3 Å². The van der Waals surface area contributed by atoms with Crippen LogP contribution in [0.2, 0.25) is 0 Å². The van der Waals surface area contributed by atoms with E-state index in [2.05, 4.69) is 16.7 Å². The Balaban J connectivity index is 1.44. The molecule has 1 aromatic carbocycles. The molecule has 2 atom stereocenters. The van der Waals surface area contributed by atoms with Gasteiger partial charge in [0.25, 0.3) is 0 Å². The molecule has 0 radical (unpaired) electrons. The summed E-state index contributed by atoms with van der Waals surface area (Å²) >= 11 is 0. The lowest BCUT2D eigenvalue weighted by Crippen LogP contribution is -2.41. The number of amides is 2. The number of benzene rings is 1. The SMILES string of the molecule is O=C(NC[C@@H]1CCN(CC(F)(F)F)C1)N[C@H]1CCCc2ccccc21. The normalized spacial score (nSPS) is 24.0. The lowest BCUT2D eigenvalue weighted by atomic mass is 9.88. The molecule has 4 nitrogen and oxygen atoms in total. The molecule has 0 unspecified atom stereocenters. The number of alkyl halides is 3. The van der Waals surface area contributed by atoms with Gasteiger partial charge in [0.05, 0.1) is 12.6 Å². The first kappa shape index (κ1) is 18.0. The summed E-state index contributed by atoms with van der Waals surface area (Å²) in [7, 11) is 0. The van der Waals surface area contributed by atoms with Crippen molar-refractivity contribution in [2.45, 2.75) is 37.9 Å². The maximum atomic E-state index is 12.4. The third-order valence-corrected chi connectivity index (χ3v) is 5.00. The summed E-state index contributed by atoms with van der Waals surface area (Å²) in [4.78, 5) is 13.6. The maximum Gasteiger partial charge on any atom is 0.401 e. The summed E-state index contributed by atoms with van der Waals surface area (Å²) in [6, 6.07) is 7.89. The zero-order valence-corrected chi connectivity index (χ0v) is 14.1. The van der Waals surface area contributed by atoms with Gasteiger partial charge in [-0.2, -0.15) is 13.2 Å². The van der Waals surface area contributed by atoms with Gasteiger partial charge in [0.1, 0.15) is 0 Å². The van der Waals surface area contributed by atoms with Crippen LogP contribution in [-0.4, -0.2) is 43.3 Å². The highest BCUT2D eigenvalue weighted by atomic mass is 19.4. The first-order valence-corrected chi connectivity index (χ1v) is 8.82. The van der Waals surface area contributed by atoms with E-state index in [4.69, 9.17) is 0 Å². The number of halogens is 3. The average molecular weight is 355 g/mol. The number of hydrogen-bond donors (Lipinski definition) is 2. The number of urea groups is 1. The van der Waals surface area contributed by atoms with Crippen molar-refractivity contribution in [2.75, 3.05) is 26.2 Å². The molecule has 1 heterocycles. The minimum Gasteiger partial charge on any atom is -0.338 e. The van der Waals surface area contributed by atoms with E-state index in [1.54, 1.807) is 0 Å². The molecule has 1 aliphatic carbocycles. The fourth-order valence-electron chi connectivity index (χ4n) is 3.83. The van der Waals surface area contributed by atoms with Crippen LogP contribution in [0.4, 0.5) is 18.0 Å². The van der Waals surface area contributed by atoms with Gasteiger partial charge in [0.2, 0.25) is 0 Å². The Kier molecular flexibility index (Phi) is 5.51. The highest BCUT2D eigenvalue weighted by Gasteiger charge is 2.34. The predicted molar refractivity (Wildman–Crippen MR) is 89.3 cm³/mol. The maximum absolute atomic E-state index is 12.4. The Bertz CT molecular complexity index is 605. The number of fused-ring (bicyclic) bond motifs is 1. The average Bonchev–Trinajstić information content (AvgIpc) is 2.99. The van der Waals surface area contributed by atoms with Crippen LogP contribution in [0.1, 0.15) is 36.4 Å². The van der Waals surface area contributed by atoms with Crippen LogP contribution in [0.3, 0.4) is 0 Å². The Labute approximate surface area is 145 Å². The van der Waals surface area contributed by atoms with Crippen LogP contribution in [0.25, 0.3) is 0 Å². The van der Waals surface area contributed by atoms with Gasteiger partial charge in [-0.05, 0) is 49.3 Å². The molecule has 138 valence electrons. The Morgan fingerprint density at radius 3 is 2.84 bits per heavy atom. The van der Waals surface area contributed by atoms with Crippen molar-refractivity contribution in [1.82, 2.24) is 15.5 Å². The zero-order valence-electron chi connectivity index (χ0n) is 14.1. The van der Waals surface area contributed by atoms with Crippen LogP contribution in [0.5, 0.6) is 0 Å². The third-order valence-electron chi connectivity index (χ3n) is 5.00. The molecule has 1 aromatic rings. The molecule has 2 amide bonds. The summed E-state index contributed by atoms with van der Waals surface area (Å²) in [5.74, 6) is 0.0757. The lowest BCUT2D eigenvalue weighted by Gasteiger charge is -2.26. The second-order valence-corrected chi connectivity index (χ2v) is 7.00. The number of nitrogens with one attached hydrogen (secondary N) is 2. The van der Waals surface area contributed by atoms with E-state index < -0.39 is 12.7 Å². The van der Waals surface area contributed by atoms with Crippen molar-refractivity contribution >= 4 is 6.03 Å². The topological polar surface area (TPSA) is 44.4 Å². The van der Waals surface area contributed by atoms with Crippen molar-refractivity contribution in [3.8, 4) is 0 Å². The van der Waals surface area contributed by atoms with Gasteiger partial charge in [-0.25, -0.2) is 4.79 Å². The van der Waals surface area contributed by atoms with Crippen LogP contribution < -0.4 is 10.6 Å². The smallest absolute Gasteiger partial charge is 0.338 e. The second-order valence-electron chi connectivity index (χ2n) is 7.00. The van der Waals surface area contributed by atoms with E-state index in [9.17, 15) is 18.0 Å².